The standard InChI is InChI=1S/C9H10O4.H2O/c10-7-3-1-2-6(9(7)13)4-5-8(11)12;/h1-3,10,13H,4-5H2,(H,11,12);1H2. The van der Waals surface area contributed by atoms with E-state index in [-0.39, 0.29) is 29.8 Å². The quantitative estimate of drug-likeness (QED) is 0.609. The average Bonchev–Trinajstić information content (AvgIpc) is 2.07. The summed E-state index contributed by atoms with van der Waals surface area (Å²) in [7, 11) is 0. The summed E-state index contributed by atoms with van der Waals surface area (Å²) in [6, 6.07) is 4.49. The number of aliphatic carboxylic acids is 1. The summed E-state index contributed by atoms with van der Waals surface area (Å²) in [5.74, 6) is -1.38. The van der Waals surface area contributed by atoms with E-state index in [9.17, 15) is 9.90 Å². The summed E-state index contributed by atoms with van der Waals surface area (Å²) in [4.78, 5) is 10.2. The molecule has 5 N–H and O–H groups in total. The van der Waals surface area contributed by atoms with Crippen LogP contribution in [-0.2, 0) is 11.2 Å². The van der Waals surface area contributed by atoms with Crippen molar-refractivity contribution in [3.05, 3.63) is 23.8 Å². The summed E-state index contributed by atoms with van der Waals surface area (Å²) in [5.41, 5.74) is 0.447. The third kappa shape index (κ3) is 2.95. The van der Waals surface area contributed by atoms with Gasteiger partial charge in [-0.05, 0) is 18.1 Å². The van der Waals surface area contributed by atoms with E-state index in [1.165, 1.54) is 6.07 Å². The molecule has 1 aromatic rings. The van der Waals surface area contributed by atoms with Gasteiger partial charge in [-0.1, -0.05) is 12.1 Å². The minimum absolute atomic E-state index is 0. The zero-order chi connectivity index (χ0) is 9.84. The molecule has 0 aliphatic carbocycles. The lowest BCUT2D eigenvalue weighted by Gasteiger charge is -2.03. The molecule has 5 nitrogen and oxygen atoms in total. The first-order valence-electron chi connectivity index (χ1n) is 3.83. The van der Waals surface area contributed by atoms with Gasteiger partial charge in [0.05, 0.1) is 0 Å². The Kier molecular flexibility index (Phi) is 4.45. The number of carboxylic acid groups (broad SMARTS) is 1. The van der Waals surface area contributed by atoms with Gasteiger partial charge in [0.25, 0.3) is 0 Å². The Balaban J connectivity index is 0.00000169. The van der Waals surface area contributed by atoms with Crippen LogP contribution >= 0.6 is 0 Å². The summed E-state index contributed by atoms with van der Waals surface area (Å²) < 4.78 is 0. The number of hydrogen-bond acceptors (Lipinski definition) is 3. The van der Waals surface area contributed by atoms with Gasteiger partial charge >= 0.3 is 5.97 Å². The molecule has 0 atom stereocenters. The number of phenolic OH excluding ortho intramolecular Hbond substituents is 2. The first-order valence-corrected chi connectivity index (χ1v) is 3.83. The highest BCUT2D eigenvalue weighted by molar-refractivity contribution is 5.67. The summed E-state index contributed by atoms with van der Waals surface area (Å²) in [5, 5.41) is 26.7. The van der Waals surface area contributed by atoms with Crippen LogP contribution in [0.1, 0.15) is 12.0 Å². The molecule has 0 unspecified atom stereocenters. The van der Waals surface area contributed by atoms with Crippen LogP contribution in [0.2, 0.25) is 0 Å². The van der Waals surface area contributed by atoms with Crippen LogP contribution in [0.15, 0.2) is 18.2 Å². The largest absolute Gasteiger partial charge is 0.504 e. The second kappa shape index (κ2) is 5.08. The molecule has 5 heteroatoms. The minimum atomic E-state index is -0.928. The van der Waals surface area contributed by atoms with Crippen LogP contribution in [0, 0.1) is 0 Å². The second-order valence-electron chi connectivity index (χ2n) is 2.68. The molecule has 0 fully saturated rings. The smallest absolute Gasteiger partial charge is 0.303 e. The molecule has 0 aliphatic heterocycles. The zero-order valence-electron chi connectivity index (χ0n) is 7.40. The number of para-hydroxylation sites is 1. The molecule has 1 aromatic carbocycles. The number of hydrogen-bond donors (Lipinski definition) is 3. The topological polar surface area (TPSA) is 109 Å². The van der Waals surface area contributed by atoms with E-state index < -0.39 is 5.97 Å². The lowest BCUT2D eigenvalue weighted by Crippen LogP contribution is -1.97. The Morgan fingerprint density at radius 3 is 2.50 bits per heavy atom. The Hall–Kier alpha value is -1.75. The molecule has 0 saturated carbocycles. The van der Waals surface area contributed by atoms with Crippen molar-refractivity contribution < 1.29 is 25.6 Å². The van der Waals surface area contributed by atoms with Crippen molar-refractivity contribution in [2.24, 2.45) is 0 Å². The highest BCUT2D eigenvalue weighted by Gasteiger charge is 2.06. The van der Waals surface area contributed by atoms with Crippen LogP contribution < -0.4 is 0 Å². The molecule has 0 aromatic heterocycles. The van der Waals surface area contributed by atoms with E-state index in [1.54, 1.807) is 12.1 Å². The Bertz CT molecular complexity index is 321. The maximum atomic E-state index is 10.2. The van der Waals surface area contributed by atoms with Crippen molar-refractivity contribution in [2.45, 2.75) is 12.8 Å². The number of rotatable bonds is 3. The first-order chi connectivity index (χ1) is 6.11. The molecule has 1 rings (SSSR count). The van der Waals surface area contributed by atoms with Gasteiger partial charge in [-0.15, -0.1) is 0 Å². The van der Waals surface area contributed by atoms with E-state index in [0.717, 1.165) is 0 Å². The fourth-order valence-corrected chi connectivity index (χ4v) is 1.02. The number of phenols is 2. The van der Waals surface area contributed by atoms with Gasteiger partial charge in [0.2, 0.25) is 0 Å². The zero-order valence-corrected chi connectivity index (χ0v) is 7.40. The highest BCUT2D eigenvalue weighted by atomic mass is 16.4. The van der Waals surface area contributed by atoms with E-state index in [1.807, 2.05) is 0 Å². The van der Waals surface area contributed by atoms with Gasteiger partial charge in [0.1, 0.15) is 0 Å². The summed E-state index contributed by atoms with van der Waals surface area (Å²) in [6.45, 7) is 0. The van der Waals surface area contributed by atoms with E-state index in [0.29, 0.717) is 5.56 Å². The van der Waals surface area contributed by atoms with Gasteiger partial charge in [0, 0.05) is 6.42 Å². The molecule has 14 heavy (non-hydrogen) atoms. The Morgan fingerprint density at radius 1 is 1.29 bits per heavy atom. The van der Waals surface area contributed by atoms with Crippen molar-refractivity contribution in [1.29, 1.82) is 0 Å². The predicted octanol–water partition coefficient (Wildman–Crippen LogP) is 0.290. The van der Waals surface area contributed by atoms with Gasteiger partial charge in [-0.3, -0.25) is 4.79 Å². The lowest BCUT2D eigenvalue weighted by molar-refractivity contribution is -0.136. The van der Waals surface area contributed by atoms with Crippen LogP contribution in [0.3, 0.4) is 0 Å². The molecule has 0 saturated heterocycles. The van der Waals surface area contributed by atoms with Crippen LogP contribution in [0.5, 0.6) is 11.5 Å². The van der Waals surface area contributed by atoms with Crippen molar-refractivity contribution in [2.75, 3.05) is 0 Å². The third-order valence-corrected chi connectivity index (χ3v) is 1.71. The highest BCUT2D eigenvalue weighted by Crippen LogP contribution is 2.28. The SMILES string of the molecule is O.O=C(O)CCc1cccc(O)c1O. The maximum Gasteiger partial charge on any atom is 0.303 e. The van der Waals surface area contributed by atoms with Crippen molar-refractivity contribution in [1.82, 2.24) is 0 Å². The predicted molar refractivity (Wildman–Crippen MR) is 49.3 cm³/mol. The van der Waals surface area contributed by atoms with Crippen molar-refractivity contribution >= 4 is 5.97 Å². The normalized spacial score (nSPS) is 9.14. The molecule has 0 amide bonds. The van der Waals surface area contributed by atoms with Crippen LogP contribution in [0.25, 0.3) is 0 Å². The molecular weight excluding hydrogens is 188 g/mol. The maximum absolute atomic E-state index is 10.2. The summed E-state index contributed by atoms with van der Waals surface area (Å²) in [6.07, 6.45) is 0.159. The van der Waals surface area contributed by atoms with Crippen molar-refractivity contribution in [3.8, 4) is 11.5 Å². The van der Waals surface area contributed by atoms with Crippen molar-refractivity contribution in [3.63, 3.8) is 0 Å². The minimum Gasteiger partial charge on any atom is -0.504 e. The fraction of sp³-hybridized carbons (Fsp3) is 0.222. The van der Waals surface area contributed by atoms with Crippen LogP contribution in [0.4, 0.5) is 0 Å². The van der Waals surface area contributed by atoms with E-state index in [2.05, 4.69) is 0 Å². The average molecular weight is 200 g/mol. The van der Waals surface area contributed by atoms with Gasteiger partial charge < -0.3 is 20.8 Å². The molecule has 78 valence electrons. The Morgan fingerprint density at radius 2 is 1.93 bits per heavy atom. The van der Waals surface area contributed by atoms with E-state index >= 15 is 0 Å². The van der Waals surface area contributed by atoms with Crippen LogP contribution in [-0.4, -0.2) is 26.8 Å². The van der Waals surface area contributed by atoms with Gasteiger partial charge in [-0.2, -0.15) is 0 Å². The number of carbonyl (C=O) groups is 1. The number of aromatic hydroxyl groups is 2. The summed E-state index contributed by atoms with van der Waals surface area (Å²) >= 11 is 0. The molecule has 0 spiro atoms. The van der Waals surface area contributed by atoms with Gasteiger partial charge in [-0.25, -0.2) is 0 Å². The number of benzene rings is 1. The molecule has 0 radical (unpaired) electrons. The molecular formula is C9H12O5. The van der Waals surface area contributed by atoms with E-state index in [4.69, 9.17) is 10.2 Å². The van der Waals surface area contributed by atoms with Gasteiger partial charge in [0.15, 0.2) is 11.5 Å². The first kappa shape index (κ1) is 12.2. The monoisotopic (exact) mass is 200 g/mol. The fourth-order valence-electron chi connectivity index (χ4n) is 1.02. The number of aryl methyl sites for hydroxylation is 1. The Labute approximate surface area is 80.6 Å². The second-order valence-corrected chi connectivity index (χ2v) is 2.68. The lowest BCUT2D eigenvalue weighted by atomic mass is 10.1. The number of carboxylic acids is 1. The third-order valence-electron chi connectivity index (χ3n) is 1.71. The molecule has 0 aliphatic rings. The molecule has 0 heterocycles. The molecule has 0 bridgehead atoms.